The Morgan fingerprint density at radius 1 is 0.649 bits per heavy atom. The fourth-order valence-corrected chi connectivity index (χ4v) is 15.4. The lowest BCUT2D eigenvalue weighted by atomic mass is 9.78. The average Bonchev–Trinajstić information content (AvgIpc) is 3.78. The van der Waals surface area contributed by atoms with E-state index in [9.17, 15) is 14.7 Å². The van der Waals surface area contributed by atoms with Gasteiger partial charge in [-0.15, -0.1) is 0 Å². The molecule has 5 saturated heterocycles. The van der Waals surface area contributed by atoms with Crippen molar-refractivity contribution in [2.24, 2.45) is 17.8 Å². The zero-order chi connectivity index (χ0) is 55.1. The number of aliphatic hydroxyl groups is 1. The highest BCUT2D eigenvalue weighted by Gasteiger charge is 2.58. The summed E-state index contributed by atoms with van der Waals surface area (Å²) in [6.45, 7) is 49.6. The zero-order valence-corrected chi connectivity index (χ0v) is 52.8. The molecular formula is C60H106O11Si3. The minimum absolute atomic E-state index is 0.0239. The SMILES string of the molecule is C=C1C[C@@H]2CCC(=O)C/C=C/[C@H](O[Si](C)(C)C(C)(C)C)[C@@H]3O[C@H]4CC[C@H](CC(=O)C[C@H]5[C@H](CC6O[C@@H](CCC1O2)C[C@@H](C)C6=C)OC(C[C@H](O)CC)[C@@H]5C)O[C@@H]4[C@H](O[Si](C)(C)C(C)(C)C)[C@@H]3O[Si](C)(C)C(C)(C)C. The number of carbonyl (C=O) groups is 2. The smallest absolute Gasteiger partial charge is 0.193 e. The third-order valence-corrected chi connectivity index (χ3v) is 33.2. The van der Waals surface area contributed by atoms with E-state index in [1.165, 1.54) is 0 Å². The van der Waals surface area contributed by atoms with Crippen LogP contribution in [-0.2, 0) is 46.6 Å². The molecule has 0 amide bonds. The number of aliphatic hydroxyl groups excluding tert-OH is 1. The molecule has 74 heavy (non-hydrogen) atoms. The summed E-state index contributed by atoms with van der Waals surface area (Å²) in [5.74, 6) is 0.595. The largest absolute Gasteiger partial charge is 0.408 e. The normalized spacial score (nSPS) is 38.0. The quantitative estimate of drug-likeness (QED) is 0.175. The van der Waals surface area contributed by atoms with Crippen LogP contribution in [0.4, 0.5) is 0 Å². The molecule has 8 bridgehead atoms. The average molecular weight is 1090 g/mol. The second kappa shape index (κ2) is 24.3. The summed E-state index contributed by atoms with van der Waals surface area (Å²) in [6.07, 6.45) is 8.03. The predicted octanol–water partition coefficient (Wildman–Crippen LogP) is 13.5. The molecule has 0 aromatic heterocycles. The van der Waals surface area contributed by atoms with Crippen LogP contribution in [0.15, 0.2) is 36.5 Å². The maximum atomic E-state index is 14.8. The van der Waals surface area contributed by atoms with Gasteiger partial charge in [0.25, 0.3) is 0 Å². The van der Waals surface area contributed by atoms with Gasteiger partial charge in [-0.25, -0.2) is 0 Å². The first-order valence-electron chi connectivity index (χ1n) is 29.2. The Balaban J connectivity index is 1.41. The molecule has 0 aliphatic carbocycles. The van der Waals surface area contributed by atoms with Crippen molar-refractivity contribution in [1.29, 1.82) is 0 Å². The summed E-state index contributed by atoms with van der Waals surface area (Å²) in [5.41, 5.74) is 2.17. The van der Waals surface area contributed by atoms with Crippen molar-refractivity contribution in [3.8, 4) is 0 Å². The molecule has 3 unspecified atom stereocenters. The molecule has 0 radical (unpaired) electrons. The summed E-state index contributed by atoms with van der Waals surface area (Å²) in [7, 11) is -7.50. The number of carbonyl (C=O) groups excluding carboxylic acids is 2. The summed E-state index contributed by atoms with van der Waals surface area (Å²) < 4.78 is 58.1. The summed E-state index contributed by atoms with van der Waals surface area (Å²) in [5, 5.41) is 10.6. The molecule has 0 saturated carbocycles. The highest BCUT2D eigenvalue weighted by molar-refractivity contribution is 6.75. The van der Waals surface area contributed by atoms with E-state index >= 15 is 0 Å². The molecule has 1 N–H and O–H groups in total. The summed E-state index contributed by atoms with van der Waals surface area (Å²) in [4.78, 5) is 28.6. The van der Waals surface area contributed by atoms with Crippen LogP contribution < -0.4 is 0 Å². The Kier molecular flexibility index (Phi) is 20.4. The van der Waals surface area contributed by atoms with Gasteiger partial charge >= 0.3 is 0 Å². The van der Waals surface area contributed by atoms with Crippen molar-refractivity contribution in [1.82, 2.24) is 0 Å². The van der Waals surface area contributed by atoms with Crippen molar-refractivity contribution >= 4 is 36.5 Å². The van der Waals surface area contributed by atoms with Crippen molar-refractivity contribution in [2.45, 2.75) is 313 Å². The summed E-state index contributed by atoms with van der Waals surface area (Å²) >= 11 is 0. The maximum absolute atomic E-state index is 14.8. The van der Waals surface area contributed by atoms with Gasteiger partial charge in [0.2, 0.25) is 0 Å². The maximum Gasteiger partial charge on any atom is 0.193 e. The second-order valence-corrected chi connectivity index (χ2v) is 42.8. The lowest BCUT2D eigenvalue weighted by Gasteiger charge is -2.56. The monoisotopic (exact) mass is 1090 g/mol. The van der Waals surface area contributed by atoms with Gasteiger partial charge in [0.15, 0.2) is 25.0 Å². The first-order chi connectivity index (χ1) is 34.1. The topological polar surface area (TPSA) is 128 Å². The molecule has 8 aliphatic rings. The number of ether oxygens (including phenoxy) is 5. The number of Topliss-reactive ketones (excluding diaryl/α,β-unsaturated/α-hetero) is 2. The fraction of sp³-hybridized carbons (Fsp3) is 0.867. The van der Waals surface area contributed by atoms with E-state index in [-0.39, 0.29) is 106 Å². The van der Waals surface area contributed by atoms with Gasteiger partial charge in [-0.2, -0.15) is 0 Å². The van der Waals surface area contributed by atoms with E-state index in [1.54, 1.807) is 0 Å². The van der Waals surface area contributed by atoms with Crippen molar-refractivity contribution in [2.75, 3.05) is 0 Å². The molecule has 8 heterocycles. The van der Waals surface area contributed by atoms with Gasteiger partial charge in [0.05, 0.1) is 61.0 Å². The molecule has 17 atom stereocenters. The molecule has 0 aromatic rings. The van der Waals surface area contributed by atoms with E-state index in [0.717, 1.165) is 36.8 Å². The Bertz CT molecular complexity index is 1960. The number of fused-ring (bicyclic) bond motifs is 2. The van der Waals surface area contributed by atoms with Crippen molar-refractivity contribution < 1.29 is 51.7 Å². The highest BCUT2D eigenvalue weighted by Crippen LogP contribution is 2.49. The summed E-state index contributed by atoms with van der Waals surface area (Å²) in [6, 6.07) is 0. The van der Waals surface area contributed by atoms with Crippen LogP contribution in [0.25, 0.3) is 0 Å². The third kappa shape index (κ3) is 15.0. The van der Waals surface area contributed by atoms with Crippen LogP contribution in [-0.4, -0.2) is 127 Å². The first kappa shape index (κ1) is 62.1. The van der Waals surface area contributed by atoms with Gasteiger partial charge in [0.1, 0.15) is 36.0 Å². The molecule has 5 fully saturated rings. The molecule has 8 rings (SSSR count). The molecule has 0 aromatic carbocycles. The van der Waals surface area contributed by atoms with Crippen molar-refractivity contribution in [3.05, 3.63) is 36.5 Å². The van der Waals surface area contributed by atoms with Crippen LogP contribution in [0, 0.1) is 17.8 Å². The van der Waals surface area contributed by atoms with Crippen LogP contribution in [0.2, 0.25) is 54.4 Å². The lowest BCUT2D eigenvalue weighted by Crippen LogP contribution is -2.69. The van der Waals surface area contributed by atoms with E-state index in [4.69, 9.17) is 37.0 Å². The van der Waals surface area contributed by atoms with Gasteiger partial charge < -0.3 is 42.1 Å². The van der Waals surface area contributed by atoms with Crippen LogP contribution >= 0.6 is 0 Å². The first-order valence-corrected chi connectivity index (χ1v) is 37.9. The molecule has 11 nitrogen and oxygen atoms in total. The Hall–Kier alpha value is -1.15. The van der Waals surface area contributed by atoms with Crippen molar-refractivity contribution in [3.63, 3.8) is 0 Å². The Morgan fingerprint density at radius 3 is 1.82 bits per heavy atom. The molecule has 14 heteroatoms. The molecule has 8 aliphatic heterocycles. The minimum atomic E-state index is -2.54. The van der Waals surface area contributed by atoms with E-state index < -0.39 is 61.6 Å². The van der Waals surface area contributed by atoms with Gasteiger partial charge in [-0.05, 0) is 141 Å². The van der Waals surface area contributed by atoms with E-state index in [1.807, 2.05) is 13.0 Å². The van der Waals surface area contributed by atoms with Crippen LogP contribution in [0.1, 0.15) is 173 Å². The molecule has 0 spiro atoms. The standard InChI is InChI=1S/C60H106O11Si3/c1-21-41(61)35-51-40(5)47-34-43(63)33-46-28-30-49-54(66-46)56(70-73(17,18)59(9,10)11)57(71-74(19,20)60(12,13)14)55(68-49)50(69-72(15,16)58(6,7)8)24-22-23-42(62)25-26-44-32-38(3)48(64-44)29-27-45-31-37(2)39(4)52(65-45)36-53(47)67-51/h22,24,37,40-41,44-57,61H,3-4,21,23,25-36H2,1-2,5-20H3/b24-22+/t37-,40-,41-,44+,45+,46-,47-,48?,49+,50+,51?,52?,53+,54+,55+,56+,57-/m1/s1. The third-order valence-electron chi connectivity index (χ3n) is 19.7. The van der Waals surface area contributed by atoms with Gasteiger partial charge in [0, 0.05) is 32.1 Å². The van der Waals surface area contributed by atoms with E-state index in [2.05, 4.69) is 135 Å². The van der Waals surface area contributed by atoms with Crippen LogP contribution in [0.5, 0.6) is 0 Å². The van der Waals surface area contributed by atoms with E-state index in [0.29, 0.717) is 51.4 Å². The predicted molar refractivity (Wildman–Crippen MR) is 305 cm³/mol. The highest BCUT2D eigenvalue weighted by atomic mass is 28.4. The Morgan fingerprint density at radius 2 is 1.22 bits per heavy atom. The lowest BCUT2D eigenvalue weighted by molar-refractivity contribution is -0.266. The Labute approximate surface area is 453 Å². The van der Waals surface area contributed by atoms with Gasteiger partial charge in [-0.3, -0.25) is 9.59 Å². The van der Waals surface area contributed by atoms with Crippen LogP contribution in [0.3, 0.4) is 0 Å². The van der Waals surface area contributed by atoms with Gasteiger partial charge in [-0.1, -0.05) is 108 Å². The molecule has 424 valence electrons. The number of hydrogen-bond donors (Lipinski definition) is 1. The molecular weight excluding hydrogens is 981 g/mol. The fourth-order valence-electron chi connectivity index (χ4n) is 11.5. The number of rotatable bonds is 9. The number of hydrogen-bond acceptors (Lipinski definition) is 11. The zero-order valence-electron chi connectivity index (χ0n) is 49.8. The minimum Gasteiger partial charge on any atom is -0.408 e. The number of ketones is 2. The second-order valence-electron chi connectivity index (χ2n) is 28.5. The number of allylic oxidation sites excluding steroid dienone is 1.